The Morgan fingerprint density at radius 2 is 2.10 bits per heavy atom. The van der Waals surface area contributed by atoms with Crippen molar-refractivity contribution < 1.29 is 4.79 Å². The van der Waals surface area contributed by atoms with Crippen molar-refractivity contribution in [3.8, 4) is 6.07 Å². The third kappa shape index (κ3) is 4.71. The molecule has 0 atom stereocenters. The number of rotatable bonds is 8. The second-order valence-corrected chi connectivity index (χ2v) is 5.99. The molecule has 0 unspecified atom stereocenters. The van der Waals surface area contributed by atoms with Crippen LogP contribution in [-0.2, 0) is 6.54 Å². The Morgan fingerprint density at radius 1 is 1.43 bits per heavy atom. The van der Waals surface area contributed by atoms with Crippen molar-refractivity contribution in [3.05, 3.63) is 23.0 Å². The normalized spacial score (nSPS) is 11.1. The topological polar surface area (TPSA) is 49.0 Å². The lowest BCUT2D eigenvalue weighted by atomic mass is 10.1. The van der Waals surface area contributed by atoms with Crippen LogP contribution in [0.1, 0.15) is 48.9 Å². The van der Waals surface area contributed by atoms with Crippen molar-refractivity contribution in [2.45, 2.75) is 47.6 Å². The van der Waals surface area contributed by atoms with E-state index < -0.39 is 0 Å². The Hall–Kier alpha value is -1.60. The van der Waals surface area contributed by atoms with Crippen LogP contribution < -0.4 is 0 Å². The smallest absolute Gasteiger partial charge is 0.178 e. The molecule has 0 aliphatic rings. The van der Waals surface area contributed by atoms with Gasteiger partial charge in [-0.3, -0.25) is 9.69 Å². The Bertz CT molecular complexity index is 523. The van der Waals surface area contributed by atoms with Gasteiger partial charge in [0.05, 0.1) is 12.6 Å². The molecule has 116 valence electrons. The number of hydrogen-bond acceptors (Lipinski definition) is 3. The molecular weight excluding hydrogens is 262 g/mol. The highest BCUT2D eigenvalue weighted by Gasteiger charge is 2.18. The standard InChI is InChI=1S/C17H27N3O/c1-6-20-14(4)10-16(15(20)5)17(21)12-19(9-7-8-18)11-13(2)3/h10,13H,6-7,9,11-12H2,1-5H3. The molecule has 0 radical (unpaired) electrons. The van der Waals surface area contributed by atoms with Gasteiger partial charge in [0.2, 0.25) is 0 Å². The number of hydrogen-bond donors (Lipinski definition) is 0. The summed E-state index contributed by atoms with van der Waals surface area (Å²) in [4.78, 5) is 14.7. The lowest BCUT2D eigenvalue weighted by molar-refractivity contribution is 0.0923. The quantitative estimate of drug-likeness (QED) is 0.691. The molecule has 0 amide bonds. The van der Waals surface area contributed by atoms with E-state index >= 15 is 0 Å². The first-order chi connectivity index (χ1) is 9.90. The first-order valence-electron chi connectivity index (χ1n) is 7.69. The van der Waals surface area contributed by atoms with Crippen molar-refractivity contribution in [2.24, 2.45) is 5.92 Å². The summed E-state index contributed by atoms with van der Waals surface area (Å²) in [7, 11) is 0. The van der Waals surface area contributed by atoms with Gasteiger partial charge in [0, 0.05) is 43.0 Å². The van der Waals surface area contributed by atoms with Gasteiger partial charge in [-0.15, -0.1) is 0 Å². The minimum atomic E-state index is 0.154. The van der Waals surface area contributed by atoms with Crippen molar-refractivity contribution in [3.63, 3.8) is 0 Å². The molecule has 0 bridgehead atoms. The Morgan fingerprint density at radius 3 is 2.57 bits per heavy atom. The molecule has 1 aromatic rings. The second-order valence-electron chi connectivity index (χ2n) is 5.99. The van der Waals surface area contributed by atoms with Crippen LogP contribution in [0.3, 0.4) is 0 Å². The van der Waals surface area contributed by atoms with Gasteiger partial charge in [-0.2, -0.15) is 5.26 Å². The van der Waals surface area contributed by atoms with Crippen LogP contribution in [0.25, 0.3) is 0 Å². The molecule has 4 heteroatoms. The molecule has 0 saturated carbocycles. The highest BCUT2D eigenvalue weighted by molar-refractivity contribution is 5.99. The van der Waals surface area contributed by atoms with Crippen LogP contribution in [0.5, 0.6) is 0 Å². The summed E-state index contributed by atoms with van der Waals surface area (Å²) in [6, 6.07) is 4.15. The third-order valence-electron chi connectivity index (χ3n) is 3.72. The lowest BCUT2D eigenvalue weighted by Crippen LogP contribution is -2.34. The van der Waals surface area contributed by atoms with E-state index in [4.69, 9.17) is 5.26 Å². The number of Topliss-reactive ketones (excluding diaryl/α,β-unsaturated/α-hetero) is 1. The highest BCUT2D eigenvalue weighted by atomic mass is 16.1. The number of nitriles is 1. The fraction of sp³-hybridized carbons (Fsp3) is 0.647. The van der Waals surface area contributed by atoms with E-state index in [2.05, 4.69) is 36.3 Å². The van der Waals surface area contributed by atoms with Gasteiger partial charge in [-0.1, -0.05) is 13.8 Å². The summed E-state index contributed by atoms with van der Waals surface area (Å²) < 4.78 is 2.16. The van der Waals surface area contributed by atoms with Gasteiger partial charge in [-0.05, 0) is 32.8 Å². The predicted molar refractivity (Wildman–Crippen MR) is 85.4 cm³/mol. The van der Waals surface area contributed by atoms with Crippen molar-refractivity contribution in [1.29, 1.82) is 5.26 Å². The van der Waals surface area contributed by atoms with Crippen LogP contribution in [0, 0.1) is 31.1 Å². The summed E-state index contributed by atoms with van der Waals surface area (Å²) in [5.41, 5.74) is 3.00. The number of carbonyl (C=O) groups excluding carboxylic acids is 1. The average molecular weight is 289 g/mol. The van der Waals surface area contributed by atoms with Crippen LogP contribution in [0.2, 0.25) is 0 Å². The molecule has 1 rings (SSSR count). The number of aryl methyl sites for hydroxylation is 1. The van der Waals surface area contributed by atoms with E-state index in [0.717, 1.165) is 30.0 Å². The molecule has 1 heterocycles. The van der Waals surface area contributed by atoms with Crippen molar-refractivity contribution in [2.75, 3.05) is 19.6 Å². The van der Waals surface area contributed by atoms with Gasteiger partial charge >= 0.3 is 0 Å². The Balaban J connectivity index is 2.84. The molecular formula is C17H27N3O. The molecule has 0 N–H and O–H groups in total. The predicted octanol–water partition coefficient (Wildman–Crippen LogP) is 3.18. The maximum atomic E-state index is 12.6. The molecule has 0 fully saturated rings. The molecule has 0 saturated heterocycles. The fourth-order valence-electron chi connectivity index (χ4n) is 2.82. The van der Waals surface area contributed by atoms with Crippen molar-refractivity contribution >= 4 is 5.78 Å². The van der Waals surface area contributed by atoms with Crippen LogP contribution in [0.15, 0.2) is 6.07 Å². The maximum Gasteiger partial charge on any atom is 0.178 e. The van der Waals surface area contributed by atoms with Gasteiger partial charge in [0.1, 0.15) is 0 Å². The number of ketones is 1. The van der Waals surface area contributed by atoms with E-state index in [-0.39, 0.29) is 5.78 Å². The van der Waals surface area contributed by atoms with Crippen molar-refractivity contribution in [1.82, 2.24) is 9.47 Å². The van der Waals surface area contributed by atoms with Crippen LogP contribution >= 0.6 is 0 Å². The van der Waals surface area contributed by atoms with E-state index in [1.165, 1.54) is 0 Å². The highest BCUT2D eigenvalue weighted by Crippen LogP contribution is 2.16. The second kappa shape index (κ2) is 7.99. The molecule has 0 aromatic carbocycles. The zero-order valence-corrected chi connectivity index (χ0v) is 13.9. The summed E-state index contributed by atoms with van der Waals surface area (Å²) >= 11 is 0. The molecule has 1 aromatic heterocycles. The fourth-order valence-corrected chi connectivity index (χ4v) is 2.82. The van der Waals surface area contributed by atoms with E-state index in [1.54, 1.807) is 0 Å². The minimum Gasteiger partial charge on any atom is -0.349 e. The number of nitrogens with zero attached hydrogens (tertiary/aromatic N) is 3. The van der Waals surface area contributed by atoms with Gasteiger partial charge in [0.15, 0.2) is 5.78 Å². The van der Waals surface area contributed by atoms with E-state index in [0.29, 0.717) is 25.4 Å². The summed E-state index contributed by atoms with van der Waals surface area (Å²) in [6.45, 7) is 13.2. The van der Waals surface area contributed by atoms with Gasteiger partial charge in [-0.25, -0.2) is 0 Å². The van der Waals surface area contributed by atoms with E-state index in [9.17, 15) is 4.79 Å². The molecule has 0 aliphatic heterocycles. The van der Waals surface area contributed by atoms with Gasteiger partial charge < -0.3 is 4.57 Å². The van der Waals surface area contributed by atoms with Gasteiger partial charge in [0.25, 0.3) is 0 Å². The average Bonchev–Trinajstić information content (AvgIpc) is 2.70. The first-order valence-corrected chi connectivity index (χ1v) is 7.69. The summed E-state index contributed by atoms with van der Waals surface area (Å²) in [5.74, 6) is 0.640. The maximum absolute atomic E-state index is 12.6. The Labute approximate surface area is 128 Å². The monoisotopic (exact) mass is 289 g/mol. The van der Waals surface area contributed by atoms with E-state index in [1.807, 2.05) is 19.9 Å². The molecule has 0 aliphatic carbocycles. The summed E-state index contributed by atoms with van der Waals surface area (Å²) in [5, 5.41) is 8.75. The molecule has 4 nitrogen and oxygen atoms in total. The Kier molecular flexibility index (Phi) is 6.64. The zero-order valence-electron chi connectivity index (χ0n) is 13.9. The molecule has 21 heavy (non-hydrogen) atoms. The van der Waals surface area contributed by atoms with Crippen LogP contribution in [0.4, 0.5) is 0 Å². The summed E-state index contributed by atoms with van der Waals surface area (Å²) in [6.07, 6.45) is 0.466. The lowest BCUT2D eigenvalue weighted by Gasteiger charge is -2.22. The molecule has 0 spiro atoms. The minimum absolute atomic E-state index is 0.154. The van der Waals surface area contributed by atoms with Crippen LogP contribution in [-0.4, -0.2) is 34.9 Å². The SMILES string of the molecule is CCn1c(C)cc(C(=O)CN(CCC#N)CC(C)C)c1C. The third-order valence-corrected chi connectivity index (χ3v) is 3.72. The number of carbonyl (C=O) groups is 1. The first kappa shape index (κ1) is 17.5. The zero-order chi connectivity index (χ0) is 16.0. The largest absolute Gasteiger partial charge is 0.349 e. The number of aromatic nitrogens is 1.